The Morgan fingerprint density at radius 3 is 2.31 bits per heavy atom. The highest BCUT2D eigenvalue weighted by Gasteiger charge is 2.23. The molecule has 16 heavy (non-hydrogen) atoms. The van der Waals surface area contributed by atoms with Crippen LogP contribution >= 0.6 is 0 Å². The summed E-state index contributed by atoms with van der Waals surface area (Å²) >= 11 is 0. The van der Waals surface area contributed by atoms with Crippen molar-refractivity contribution in [3.8, 4) is 0 Å². The molecule has 1 fully saturated rings. The minimum Gasteiger partial charge on any atom is -0.481 e. The molecule has 0 aromatic heterocycles. The number of aliphatic carboxylic acids is 1. The van der Waals surface area contributed by atoms with E-state index in [2.05, 4.69) is 18.9 Å². The quantitative estimate of drug-likeness (QED) is 0.758. The Kier molecular flexibility index (Phi) is 5.81. The van der Waals surface area contributed by atoms with Crippen LogP contribution in [0.25, 0.3) is 0 Å². The lowest BCUT2D eigenvalue weighted by molar-refractivity contribution is -0.138. The molecule has 3 heteroatoms. The zero-order chi connectivity index (χ0) is 12.0. The molecule has 1 rings (SSSR count). The smallest absolute Gasteiger partial charge is 0.303 e. The van der Waals surface area contributed by atoms with Crippen molar-refractivity contribution >= 4 is 5.97 Å². The standard InChI is InChI=1S/C13H25NO2/c1-3-8-14(2)10-12-6-4-11(5-7-12)9-13(15)16/h11-12H,3-10H2,1-2H3,(H,15,16)/t11-,12-. The lowest BCUT2D eigenvalue weighted by atomic mass is 9.80. The molecule has 0 bridgehead atoms. The zero-order valence-electron chi connectivity index (χ0n) is 10.6. The molecule has 1 aliphatic rings. The van der Waals surface area contributed by atoms with Crippen molar-refractivity contribution < 1.29 is 9.90 Å². The van der Waals surface area contributed by atoms with E-state index in [4.69, 9.17) is 5.11 Å². The summed E-state index contributed by atoms with van der Waals surface area (Å²) in [7, 11) is 2.19. The van der Waals surface area contributed by atoms with Gasteiger partial charge in [-0.05, 0) is 57.5 Å². The molecule has 0 spiro atoms. The van der Waals surface area contributed by atoms with Crippen molar-refractivity contribution in [2.75, 3.05) is 20.1 Å². The first kappa shape index (κ1) is 13.5. The maximum absolute atomic E-state index is 10.6. The van der Waals surface area contributed by atoms with E-state index in [0.29, 0.717) is 12.3 Å². The number of carboxylic acid groups (broad SMARTS) is 1. The number of carbonyl (C=O) groups is 1. The van der Waals surface area contributed by atoms with E-state index in [1.54, 1.807) is 0 Å². The predicted molar refractivity (Wildman–Crippen MR) is 65.5 cm³/mol. The van der Waals surface area contributed by atoms with Crippen LogP contribution in [0.1, 0.15) is 45.4 Å². The minimum atomic E-state index is -0.633. The first-order valence-corrected chi connectivity index (χ1v) is 6.52. The summed E-state index contributed by atoms with van der Waals surface area (Å²) in [6.45, 7) is 4.57. The SMILES string of the molecule is CCCN(C)C[C@H]1CC[C@H](CC(=O)O)CC1. The largest absolute Gasteiger partial charge is 0.481 e. The Hall–Kier alpha value is -0.570. The molecule has 0 amide bonds. The maximum atomic E-state index is 10.6. The first-order valence-electron chi connectivity index (χ1n) is 6.52. The fraction of sp³-hybridized carbons (Fsp3) is 0.923. The van der Waals surface area contributed by atoms with E-state index < -0.39 is 5.97 Å². The van der Waals surface area contributed by atoms with Crippen LogP contribution in [-0.4, -0.2) is 36.1 Å². The summed E-state index contributed by atoms with van der Waals surface area (Å²) < 4.78 is 0. The van der Waals surface area contributed by atoms with Crippen LogP contribution in [0.15, 0.2) is 0 Å². The van der Waals surface area contributed by atoms with E-state index in [0.717, 1.165) is 18.8 Å². The topological polar surface area (TPSA) is 40.5 Å². The normalized spacial score (nSPS) is 25.9. The average molecular weight is 227 g/mol. The highest BCUT2D eigenvalue weighted by molar-refractivity contribution is 5.67. The molecule has 0 radical (unpaired) electrons. The predicted octanol–water partition coefficient (Wildman–Crippen LogP) is 2.61. The first-order chi connectivity index (χ1) is 7.61. The summed E-state index contributed by atoms with van der Waals surface area (Å²) in [4.78, 5) is 13.0. The third kappa shape index (κ3) is 4.97. The molecule has 3 nitrogen and oxygen atoms in total. The Morgan fingerprint density at radius 2 is 1.81 bits per heavy atom. The number of hydrogen-bond acceptors (Lipinski definition) is 2. The van der Waals surface area contributed by atoms with Crippen molar-refractivity contribution in [1.82, 2.24) is 4.90 Å². The third-order valence-electron chi connectivity index (χ3n) is 3.60. The van der Waals surface area contributed by atoms with Gasteiger partial charge < -0.3 is 10.0 Å². The van der Waals surface area contributed by atoms with Gasteiger partial charge in [-0.2, -0.15) is 0 Å². The summed E-state index contributed by atoms with van der Waals surface area (Å²) in [5.41, 5.74) is 0. The van der Waals surface area contributed by atoms with Gasteiger partial charge in [0.15, 0.2) is 0 Å². The van der Waals surface area contributed by atoms with Crippen molar-refractivity contribution in [1.29, 1.82) is 0 Å². The van der Waals surface area contributed by atoms with Gasteiger partial charge in [0.25, 0.3) is 0 Å². The van der Waals surface area contributed by atoms with Crippen molar-refractivity contribution in [3.63, 3.8) is 0 Å². The fourth-order valence-corrected chi connectivity index (χ4v) is 2.78. The van der Waals surface area contributed by atoms with Gasteiger partial charge in [0, 0.05) is 13.0 Å². The Balaban J connectivity index is 2.18. The molecular weight excluding hydrogens is 202 g/mol. The van der Waals surface area contributed by atoms with Crippen molar-refractivity contribution in [2.24, 2.45) is 11.8 Å². The van der Waals surface area contributed by atoms with Gasteiger partial charge in [0.05, 0.1) is 0 Å². The number of carboxylic acids is 1. The van der Waals surface area contributed by atoms with Gasteiger partial charge >= 0.3 is 5.97 Å². The second-order valence-electron chi connectivity index (χ2n) is 5.25. The minimum absolute atomic E-state index is 0.373. The van der Waals surface area contributed by atoms with Gasteiger partial charge in [-0.25, -0.2) is 0 Å². The lowest BCUT2D eigenvalue weighted by Gasteiger charge is -2.30. The molecule has 0 heterocycles. The molecule has 0 aromatic rings. The van der Waals surface area contributed by atoms with Crippen LogP contribution in [-0.2, 0) is 4.79 Å². The van der Waals surface area contributed by atoms with Crippen LogP contribution in [0, 0.1) is 11.8 Å². The van der Waals surface area contributed by atoms with E-state index in [1.165, 1.54) is 32.4 Å². The molecule has 0 aliphatic heterocycles. The second-order valence-corrected chi connectivity index (χ2v) is 5.25. The molecule has 94 valence electrons. The second kappa shape index (κ2) is 6.89. The fourth-order valence-electron chi connectivity index (χ4n) is 2.78. The third-order valence-corrected chi connectivity index (χ3v) is 3.60. The molecular formula is C13H25NO2. The van der Waals surface area contributed by atoms with Gasteiger partial charge in [-0.1, -0.05) is 6.92 Å². The monoisotopic (exact) mass is 227 g/mol. The molecule has 0 aromatic carbocycles. The van der Waals surface area contributed by atoms with Crippen LogP contribution < -0.4 is 0 Å². The van der Waals surface area contributed by atoms with Crippen molar-refractivity contribution in [3.05, 3.63) is 0 Å². The maximum Gasteiger partial charge on any atom is 0.303 e. The highest BCUT2D eigenvalue weighted by atomic mass is 16.4. The zero-order valence-corrected chi connectivity index (χ0v) is 10.6. The van der Waals surface area contributed by atoms with Gasteiger partial charge in [-0.15, -0.1) is 0 Å². The average Bonchev–Trinajstić information content (AvgIpc) is 2.20. The summed E-state index contributed by atoms with van der Waals surface area (Å²) in [5.74, 6) is 0.596. The van der Waals surface area contributed by atoms with Gasteiger partial charge in [0.2, 0.25) is 0 Å². The molecule has 1 N–H and O–H groups in total. The molecule has 0 unspecified atom stereocenters. The highest BCUT2D eigenvalue weighted by Crippen LogP contribution is 2.31. The van der Waals surface area contributed by atoms with E-state index in [-0.39, 0.29) is 0 Å². The van der Waals surface area contributed by atoms with E-state index in [9.17, 15) is 4.79 Å². The van der Waals surface area contributed by atoms with E-state index >= 15 is 0 Å². The van der Waals surface area contributed by atoms with Crippen LogP contribution in [0.3, 0.4) is 0 Å². The van der Waals surface area contributed by atoms with Crippen LogP contribution in [0.4, 0.5) is 0 Å². The number of nitrogens with zero attached hydrogens (tertiary/aromatic N) is 1. The Labute approximate surface area is 98.8 Å². The Bertz CT molecular complexity index is 210. The van der Waals surface area contributed by atoms with Gasteiger partial charge in [0.1, 0.15) is 0 Å². The van der Waals surface area contributed by atoms with Crippen LogP contribution in [0.2, 0.25) is 0 Å². The molecule has 0 saturated heterocycles. The number of hydrogen-bond donors (Lipinski definition) is 1. The summed E-state index contributed by atoms with van der Waals surface area (Å²) in [6.07, 6.45) is 6.23. The van der Waals surface area contributed by atoms with E-state index in [1.807, 2.05) is 0 Å². The molecule has 1 aliphatic carbocycles. The van der Waals surface area contributed by atoms with Crippen LogP contribution in [0.5, 0.6) is 0 Å². The summed E-state index contributed by atoms with van der Waals surface area (Å²) in [6, 6.07) is 0. The molecule has 1 saturated carbocycles. The van der Waals surface area contributed by atoms with Crippen molar-refractivity contribution in [2.45, 2.75) is 45.4 Å². The number of rotatable bonds is 6. The summed E-state index contributed by atoms with van der Waals surface area (Å²) in [5, 5.41) is 8.74. The Morgan fingerprint density at radius 1 is 1.25 bits per heavy atom. The van der Waals surface area contributed by atoms with Gasteiger partial charge in [-0.3, -0.25) is 4.79 Å². The lowest BCUT2D eigenvalue weighted by Crippen LogP contribution is -2.29. The molecule has 0 atom stereocenters.